The van der Waals surface area contributed by atoms with E-state index in [2.05, 4.69) is 4.74 Å². The molecule has 1 aromatic rings. The van der Waals surface area contributed by atoms with Crippen LogP contribution in [0.3, 0.4) is 0 Å². The molecule has 0 amide bonds. The fourth-order valence-corrected chi connectivity index (χ4v) is 1.48. The van der Waals surface area contributed by atoms with Gasteiger partial charge in [0, 0.05) is 0 Å². The molecule has 0 aromatic heterocycles. The monoisotopic (exact) mass is 332 g/mol. The third-order valence-electron chi connectivity index (χ3n) is 2.69. The minimum Gasteiger partial charge on any atom is -0.461 e. The van der Waals surface area contributed by atoms with Gasteiger partial charge in [-0.15, -0.1) is 0 Å². The van der Waals surface area contributed by atoms with Crippen molar-refractivity contribution in [1.29, 1.82) is 0 Å². The highest BCUT2D eigenvalue weighted by molar-refractivity contribution is 5.79. The summed E-state index contributed by atoms with van der Waals surface area (Å²) in [6, 6.07) is 8.49. The lowest BCUT2D eigenvalue weighted by Crippen LogP contribution is -2.56. The number of hydrogen-bond acceptors (Lipinski definition) is 2. The van der Waals surface area contributed by atoms with Gasteiger partial charge in [0.2, 0.25) is 0 Å². The summed E-state index contributed by atoms with van der Waals surface area (Å²) in [6.45, 7) is -0.697. The second-order valence-electron chi connectivity index (χ2n) is 4.37. The van der Waals surface area contributed by atoms with Crippen molar-refractivity contribution in [3.05, 3.63) is 35.9 Å². The Bertz CT molecular complexity index is 497. The molecular weight excluding hydrogens is 321 g/mol. The zero-order valence-electron chi connectivity index (χ0n) is 11.0. The molecular formula is C13H11F7O2. The van der Waals surface area contributed by atoms with Gasteiger partial charge in [-0.1, -0.05) is 30.3 Å². The molecule has 0 atom stereocenters. The topological polar surface area (TPSA) is 26.3 Å². The normalized spacial score (nSPS) is 13.0. The molecule has 0 fully saturated rings. The van der Waals surface area contributed by atoms with Gasteiger partial charge in [0.25, 0.3) is 0 Å². The Kier molecular flexibility index (Phi) is 5.42. The third kappa shape index (κ3) is 3.89. The lowest BCUT2D eigenvalue weighted by atomic mass is 10.1. The molecule has 0 N–H and O–H groups in total. The van der Waals surface area contributed by atoms with E-state index in [1.54, 1.807) is 30.3 Å². The van der Waals surface area contributed by atoms with E-state index in [1.807, 2.05) is 0 Å². The first-order valence-corrected chi connectivity index (χ1v) is 6.03. The number of alkyl halides is 7. The zero-order valence-corrected chi connectivity index (χ0v) is 11.0. The van der Waals surface area contributed by atoms with Crippen molar-refractivity contribution < 1.29 is 40.3 Å². The van der Waals surface area contributed by atoms with Crippen LogP contribution in [-0.4, -0.2) is 30.6 Å². The van der Waals surface area contributed by atoms with E-state index in [9.17, 15) is 35.5 Å². The SMILES string of the molecule is O=C(OCCCc1ccccc1)C(F)(F)C(F)(F)C(F)(F)F. The summed E-state index contributed by atoms with van der Waals surface area (Å²) in [5.74, 6) is -15.4. The minimum atomic E-state index is -6.56. The number of ether oxygens (including phenoxy) is 1. The number of carbonyl (C=O) groups is 1. The fraction of sp³-hybridized carbons (Fsp3) is 0.462. The lowest BCUT2D eigenvalue weighted by Gasteiger charge is -2.26. The minimum absolute atomic E-state index is 0.00340. The second-order valence-corrected chi connectivity index (χ2v) is 4.37. The van der Waals surface area contributed by atoms with Gasteiger partial charge in [-0.2, -0.15) is 30.7 Å². The first kappa shape index (κ1) is 18.2. The quantitative estimate of drug-likeness (QED) is 0.447. The molecule has 0 bridgehead atoms. The number of carbonyl (C=O) groups excluding carboxylic acids is 1. The van der Waals surface area contributed by atoms with Gasteiger partial charge >= 0.3 is 24.0 Å². The Morgan fingerprint density at radius 2 is 1.50 bits per heavy atom. The van der Waals surface area contributed by atoms with Crippen LogP contribution in [0.25, 0.3) is 0 Å². The number of esters is 1. The summed E-state index contributed by atoms with van der Waals surface area (Å²) in [6.07, 6.45) is -6.27. The van der Waals surface area contributed by atoms with E-state index >= 15 is 0 Å². The predicted molar refractivity (Wildman–Crippen MR) is 61.7 cm³/mol. The predicted octanol–water partition coefficient (Wildman–Crippen LogP) is 4.00. The number of hydrogen-bond donors (Lipinski definition) is 0. The van der Waals surface area contributed by atoms with E-state index in [1.165, 1.54) is 0 Å². The molecule has 0 saturated heterocycles. The van der Waals surface area contributed by atoms with E-state index in [0.29, 0.717) is 0 Å². The van der Waals surface area contributed by atoms with Crippen molar-refractivity contribution in [2.45, 2.75) is 30.9 Å². The maximum Gasteiger partial charge on any atom is 0.460 e. The molecule has 22 heavy (non-hydrogen) atoms. The smallest absolute Gasteiger partial charge is 0.460 e. The third-order valence-corrected chi connectivity index (χ3v) is 2.69. The molecule has 124 valence electrons. The number of halogens is 7. The van der Waals surface area contributed by atoms with Crippen molar-refractivity contribution in [2.75, 3.05) is 6.61 Å². The highest BCUT2D eigenvalue weighted by Gasteiger charge is 2.77. The van der Waals surface area contributed by atoms with Gasteiger partial charge in [-0.25, -0.2) is 4.79 Å². The first-order chi connectivity index (χ1) is 10.00. The summed E-state index contributed by atoms with van der Waals surface area (Å²) >= 11 is 0. The van der Waals surface area contributed by atoms with Gasteiger partial charge in [0.05, 0.1) is 6.61 Å². The number of rotatable bonds is 6. The molecule has 2 nitrogen and oxygen atoms in total. The summed E-state index contributed by atoms with van der Waals surface area (Å²) in [4.78, 5) is 10.8. The lowest BCUT2D eigenvalue weighted by molar-refractivity contribution is -0.348. The second kappa shape index (κ2) is 6.53. The van der Waals surface area contributed by atoms with Crippen molar-refractivity contribution >= 4 is 5.97 Å². The van der Waals surface area contributed by atoms with Crippen LogP contribution in [0.1, 0.15) is 12.0 Å². The van der Waals surface area contributed by atoms with Crippen LogP contribution in [0.15, 0.2) is 30.3 Å². The number of aryl methyl sites for hydroxylation is 1. The molecule has 9 heteroatoms. The Labute approximate surface area is 120 Å². The molecule has 0 heterocycles. The standard InChI is InChI=1S/C13H11F7O2/c14-11(15,12(16,17)13(18,19)20)10(21)22-8-4-7-9-5-2-1-3-6-9/h1-3,5-6H,4,7-8H2. The highest BCUT2D eigenvalue weighted by Crippen LogP contribution is 2.46. The average molecular weight is 332 g/mol. The van der Waals surface area contributed by atoms with Crippen molar-refractivity contribution in [2.24, 2.45) is 0 Å². The molecule has 1 rings (SSSR count). The molecule has 0 saturated carbocycles. The largest absolute Gasteiger partial charge is 0.461 e. The van der Waals surface area contributed by atoms with Gasteiger partial charge < -0.3 is 4.74 Å². The molecule has 0 aliphatic heterocycles. The maximum absolute atomic E-state index is 12.9. The number of benzene rings is 1. The van der Waals surface area contributed by atoms with Crippen LogP contribution in [0.2, 0.25) is 0 Å². The Balaban J connectivity index is 2.54. The van der Waals surface area contributed by atoms with E-state index < -0.39 is 30.6 Å². The summed E-state index contributed by atoms with van der Waals surface area (Å²) in [7, 11) is 0. The molecule has 0 aliphatic rings. The van der Waals surface area contributed by atoms with Crippen molar-refractivity contribution in [3.63, 3.8) is 0 Å². The van der Waals surface area contributed by atoms with E-state index in [-0.39, 0.29) is 12.8 Å². The zero-order chi connectivity index (χ0) is 17.0. The van der Waals surface area contributed by atoms with Gasteiger partial charge in [0.15, 0.2) is 0 Å². The Morgan fingerprint density at radius 1 is 0.955 bits per heavy atom. The Hall–Kier alpha value is -1.80. The highest BCUT2D eigenvalue weighted by atomic mass is 19.4. The van der Waals surface area contributed by atoms with Crippen LogP contribution in [0, 0.1) is 0 Å². The van der Waals surface area contributed by atoms with Gasteiger partial charge in [-0.3, -0.25) is 0 Å². The van der Waals surface area contributed by atoms with Gasteiger partial charge in [0.1, 0.15) is 0 Å². The van der Waals surface area contributed by atoms with Gasteiger partial charge in [-0.05, 0) is 18.4 Å². The van der Waals surface area contributed by atoms with Crippen LogP contribution in [0.4, 0.5) is 30.7 Å². The fourth-order valence-electron chi connectivity index (χ4n) is 1.48. The summed E-state index contributed by atoms with van der Waals surface area (Å²) < 4.78 is 90.3. The molecule has 0 aliphatic carbocycles. The van der Waals surface area contributed by atoms with Crippen LogP contribution >= 0.6 is 0 Å². The van der Waals surface area contributed by atoms with Crippen LogP contribution in [-0.2, 0) is 16.0 Å². The van der Waals surface area contributed by atoms with Crippen LogP contribution in [0.5, 0.6) is 0 Å². The van der Waals surface area contributed by atoms with Crippen LogP contribution < -0.4 is 0 Å². The average Bonchev–Trinajstić information content (AvgIpc) is 2.43. The Morgan fingerprint density at radius 3 is 2.00 bits per heavy atom. The molecule has 0 radical (unpaired) electrons. The maximum atomic E-state index is 12.9. The van der Waals surface area contributed by atoms with E-state index in [4.69, 9.17) is 0 Å². The summed E-state index contributed by atoms with van der Waals surface area (Å²) in [5.41, 5.74) is 0.769. The summed E-state index contributed by atoms with van der Waals surface area (Å²) in [5, 5.41) is 0. The van der Waals surface area contributed by atoms with E-state index in [0.717, 1.165) is 5.56 Å². The molecule has 0 spiro atoms. The first-order valence-electron chi connectivity index (χ1n) is 6.03. The molecule has 1 aromatic carbocycles. The van der Waals surface area contributed by atoms with Crippen molar-refractivity contribution in [1.82, 2.24) is 0 Å². The molecule has 0 unspecified atom stereocenters. The van der Waals surface area contributed by atoms with Crippen molar-refractivity contribution in [3.8, 4) is 0 Å².